The van der Waals surface area contributed by atoms with Gasteiger partial charge in [-0.05, 0) is 26.7 Å². The van der Waals surface area contributed by atoms with Crippen molar-refractivity contribution in [1.82, 2.24) is 5.32 Å². The fourth-order valence-electron chi connectivity index (χ4n) is 2.61. The van der Waals surface area contributed by atoms with Crippen LogP contribution in [0.2, 0.25) is 0 Å². The van der Waals surface area contributed by atoms with Gasteiger partial charge >= 0.3 is 0 Å². The first-order valence-corrected chi connectivity index (χ1v) is 7.30. The van der Waals surface area contributed by atoms with Crippen molar-refractivity contribution in [2.24, 2.45) is 0 Å². The summed E-state index contributed by atoms with van der Waals surface area (Å²) in [5, 5.41) is 2.84. The summed E-state index contributed by atoms with van der Waals surface area (Å²) in [5.74, 6) is 0.312. The standard InChI is InChI=1S/C10H19NO3S/c1-8-7-11-10(2,14-8)9-5-3-4-6-15(9,12)13/h8-9,11H,3-7H2,1-2H3. The topological polar surface area (TPSA) is 55.4 Å². The third-order valence-electron chi connectivity index (χ3n) is 3.38. The average molecular weight is 233 g/mol. The molecule has 2 rings (SSSR count). The summed E-state index contributed by atoms with van der Waals surface area (Å²) < 4.78 is 29.7. The predicted octanol–water partition coefficient (Wildman–Crippen LogP) is 0.678. The maximum absolute atomic E-state index is 12.0. The molecule has 0 aromatic carbocycles. The molecule has 0 bridgehead atoms. The molecule has 0 saturated carbocycles. The van der Waals surface area contributed by atoms with Crippen LogP contribution in [0.5, 0.6) is 0 Å². The second-order valence-electron chi connectivity index (χ2n) is 4.77. The number of hydrogen-bond donors (Lipinski definition) is 1. The zero-order valence-electron chi connectivity index (χ0n) is 9.32. The number of rotatable bonds is 1. The van der Waals surface area contributed by atoms with E-state index in [9.17, 15) is 8.42 Å². The number of hydrogen-bond acceptors (Lipinski definition) is 4. The molecule has 0 aromatic heterocycles. The van der Waals surface area contributed by atoms with Crippen LogP contribution in [0.1, 0.15) is 33.1 Å². The van der Waals surface area contributed by atoms with Crippen molar-refractivity contribution in [2.75, 3.05) is 12.3 Å². The molecule has 2 aliphatic rings. The first kappa shape index (κ1) is 11.4. The van der Waals surface area contributed by atoms with Crippen LogP contribution >= 0.6 is 0 Å². The summed E-state index contributed by atoms with van der Waals surface area (Å²) >= 11 is 0. The lowest BCUT2D eigenvalue weighted by Gasteiger charge is -2.35. The summed E-state index contributed by atoms with van der Waals surface area (Å²) in [7, 11) is -2.98. The average Bonchev–Trinajstić information content (AvgIpc) is 2.46. The van der Waals surface area contributed by atoms with Gasteiger partial charge in [0.15, 0.2) is 9.84 Å². The van der Waals surface area contributed by atoms with Crippen molar-refractivity contribution in [3.8, 4) is 0 Å². The molecule has 2 heterocycles. The first-order chi connectivity index (χ1) is 6.94. The maximum atomic E-state index is 12.0. The molecule has 3 atom stereocenters. The van der Waals surface area contributed by atoms with Crippen molar-refractivity contribution >= 4 is 9.84 Å². The van der Waals surface area contributed by atoms with Crippen LogP contribution in [-0.4, -0.2) is 37.8 Å². The Bertz CT molecular complexity index is 341. The van der Waals surface area contributed by atoms with Crippen molar-refractivity contribution in [2.45, 2.75) is 50.2 Å². The molecule has 2 fully saturated rings. The molecule has 0 aromatic rings. The van der Waals surface area contributed by atoms with Gasteiger partial charge in [0.25, 0.3) is 0 Å². The lowest BCUT2D eigenvalue weighted by atomic mass is 10.1. The highest BCUT2D eigenvalue weighted by Crippen LogP contribution is 2.32. The van der Waals surface area contributed by atoms with Gasteiger partial charge in [-0.25, -0.2) is 8.42 Å². The third kappa shape index (κ3) is 2.05. The molecule has 0 aliphatic carbocycles. The minimum Gasteiger partial charge on any atom is -0.355 e. The summed E-state index contributed by atoms with van der Waals surface area (Å²) in [6.07, 6.45) is 2.61. The minimum absolute atomic E-state index is 0.104. The second kappa shape index (κ2) is 3.71. The second-order valence-corrected chi connectivity index (χ2v) is 7.07. The Hall–Kier alpha value is -0.130. The highest BCUT2D eigenvalue weighted by molar-refractivity contribution is 7.92. The third-order valence-corrected chi connectivity index (χ3v) is 5.79. The molecule has 2 saturated heterocycles. The van der Waals surface area contributed by atoms with Gasteiger partial charge in [-0.1, -0.05) is 6.42 Å². The van der Waals surface area contributed by atoms with Crippen molar-refractivity contribution in [1.29, 1.82) is 0 Å². The Morgan fingerprint density at radius 1 is 1.40 bits per heavy atom. The van der Waals surface area contributed by atoms with Crippen LogP contribution in [0.25, 0.3) is 0 Å². The van der Waals surface area contributed by atoms with Crippen LogP contribution in [-0.2, 0) is 14.6 Å². The summed E-state index contributed by atoms with van der Waals surface area (Å²) in [5.41, 5.74) is -0.668. The molecule has 1 N–H and O–H groups in total. The summed E-state index contributed by atoms with van der Waals surface area (Å²) in [4.78, 5) is 0. The van der Waals surface area contributed by atoms with E-state index in [-0.39, 0.29) is 11.4 Å². The predicted molar refractivity (Wildman–Crippen MR) is 58.4 cm³/mol. The highest BCUT2D eigenvalue weighted by Gasteiger charge is 2.48. The van der Waals surface area contributed by atoms with Gasteiger partial charge in [0, 0.05) is 6.54 Å². The first-order valence-electron chi connectivity index (χ1n) is 5.58. The molecule has 3 unspecified atom stereocenters. The van der Waals surface area contributed by atoms with E-state index in [1.165, 1.54) is 0 Å². The lowest BCUT2D eigenvalue weighted by molar-refractivity contribution is -0.0347. The Balaban J connectivity index is 2.22. The number of sulfone groups is 1. The summed E-state index contributed by atoms with van der Waals surface area (Å²) in [6, 6.07) is 0. The van der Waals surface area contributed by atoms with Gasteiger partial charge in [-0.2, -0.15) is 0 Å². The number of nitrogens with one attached hydrogen (secondary N) is 1. The number of ether oxygens (including phenoxy) is 1. The van der Waals surface area contributed by atoms with Crippen molar-refractivity contribution in [3.05, 3.63) is 0 Å². The van der Waals surface area contributed by atoms with Gasteiger partial charge in [-0.15, -0.1) is 0 Å². The van der Waals surface area contributed by atoms with E-state index in [0.717, 1.165) is 25.8 Å². The molecule has 0 spiro atoms. The summed E-state index contributed by atoms with van der Waals surface area (Å²) in [6.45, 7) is 4.57. The molecular formula is C10H19NO3S. The van der Waals surface area contributed by atoms with Crippen molar-refractivity contribution < 1.29 is 13.2 Å². The van der Waals surface area contributed by atoms with E-state index >= 15 is 0 Å². The maximum Gasteiger partial charge on any atom is 0.157 e. The highest BCUT2D eigenvalue weighted by atomic mass is 32.2. The van der Waals surface area contributed by atoms with Crippen LogP contribution in [0.3, 0.4) is 0 Å². The van der Waals surface area contributed by atoms with Crippen molar-refractivity contribution in [3.63, 3.8) is 0 Å². The SMILES string of the molecule is CC1CNC(C)(C2CCCCS2(=O)=O)O1. The van der Waals surface area contributed by atoms with Crippen LogP contribution in [0, 0.1) is 0 Å². The van der Waals surface area contributed by atoms with Gasteiger partial charge in [0.1, 0.15) is 11.0 Å². The Morgan fingerprint density at radius 2 is 2.13 bits per heavy atom. The molecule has 15 heavy (non-hydrogen) atoms. The fraction of sp³-hybridized carbons (Fsp3) is 1.00. The molecular weight excluding hydrogens is 214 g/mol. The van der Waals surface area contributed by atoms with Gasteiger partial charge < -0.3 is 4.74 Å². The largest absolute Gasteiger partial charge is 0.355 e. The van der Waals surface area contributed by atoms with Gasteiger partial charge in [-0.3, -0.25) is 5.32 Å². The Morgan fingerprint density at radius 3 is 2.67 bits per heavy atom. The van der Waals surface area contributed by atoms with Gasteiger partial charge in [0.05, 0.1) is 11.9 Å². The minimum atomic E-state index is -2.98. The molecule has 4 nitrogen and oxygen atoms in total. The Labute approximate surface area is 91.3 Å². The fourth-order valence-corrected chi connectivity index (χ4v) is 4.85. The van der Waals surface area contributed by atoms with Crippen LogP contribution < -0.4 is 5.32 Å². The normalized spacial score (nSPS) is 45.5. The van der Waals surface area contributed by atoms with Crippen LogP contribution in [0.15, 0.2) is 0 Å². The lowest BCUT2D eigenvalue weighted by Crippen LogP contribution is -2.54. The molecule has 0 radical (unpaired) electrons. The smallest absolute Gasteiger partial charge is 0.157 e. The monoisotopic (exact) mass is 233 g/mol. The van der Waals surface area contributed by atoms with E-state index in [0.29, 0.717) is 5.75 Å². The van der Waals surface area contributed by atoms with Gasteiger partial charge in [0.2, 0.25) is 0 Å². The molecule has 2 aliphatic heterocycles. The zero-order valence-corrected chi connectivity index (χ0v) is 10.1. The molecule has 88 valence electrons. The van der Waals surface area contributed by atoms with E-state index in [4.69, 9.17) is 4.74 Å². The zero-order chi connectivity index (χ0) is 11.1. The molecule has 0 amide bonds. The Kier molecular flexibility index (Phi) is 2.81. The van der Waals surface area contributed by atoms with E-state index in [1.54, 1.807) is 0 Å². The van der Waals surface area contributed by atoms with E-state index in [1.807, 2.05) is 13.8 Å². The molecule has 5 heteroatoms. The van der Waals surface area contributed by atoms with E-state index < -0.39 is 15.6 Å². The van der Waals surface area contributed by atoms with E-state index in [2.05, 4.69) is 5.32 Å². The van der Waals surface area contributed by atoms with Crippen LogP contribution in [0.4, 0.5) is 0 Å². The quantitative estimate of drug-likeness (QED) is 0.723.